The third-order valence-electron chi connectivity index (χ3n) is 4.57. The lowest BCUT2D eigenvalue weighted by Crippen LogP contribution is -2.36. The quantitative estimate of drug-likeness (QED) is 0.576. The third kappa shape index (κ3) is 0.736. The maximum Gasteiger partial charge on any atom is 0.228 e. The molecule has 2 bridgehead atoms. The molecule has 0 aromatic rings. The van der Waals surface area contributed by atoms with E-state index in [1.54, 1.807) is 0 Å². The van der Waals surface area contributed by atoms with Crippen molar-refractivity contribution in [2.75, 3.05) is 0 Å². The normalized spacial score (nSPS) is 51.4. The molecule has 0 N–H and O–H groups in total. The second kappa shape index (κ2) is 2.25. The van der Waals surface area contributed by atoms with Gasteiger partial charge in [-0.05, 0) is 48.6 Å². The van der Waals surface area contributed by atoms with E-state index < -0.39 is 0 Å². The zero-order valence-corrected chi connectivity index (χ0v) is 8.45. The van der Waals surface area contributed by atoms with Crippen molar-refractivity contribution in [1.29, 1.82) is 0 Å². The highest BCUT2D eigenvalue weighted by Gasteiger charge is 2.62. The molecular weight excluding hydrogens is 172 g/mol. The van der Waals surface area contributed by atoms with Gasteiger partial charge in [0.2, 0.25) is 5.24 Å². The zero-order chi connectivity index (χ0) is 8.98. The molecule has 2 heteroatoms. The van der Waals surface area contributed by atoms with Gasteiger partial charge in [0, 0.05) is 5.41 Å². The van der Waals surface area contributed by atoms with Crippen molar-refractivity contribution < 1.29 is 4.79 Å². The van der Waals surface area contributed by atoms with Crippen LogP contribution in [0.2, 0.25) is 0 Å². The molecule has 0 saturated heterocycles. The first-order chi connectivity index (χ1) is 5.51. The number of fused-ring (bicyclic) bond motifs is 2. The molecular formula is C10H15ClO. The Kier molecular flexibility index (Phi) is 1.61. The zero-order valence-electron chi connectivity index (χ0n) is 7.69. The lowest BCUT2D eigenvalue weighted by Gasteiger charge is -2.34. The largest absolute Gasteiger partial charge is 0.281 e. The standard InChI is InChI=1S/C10H15ClO/c1-9-5-3-7(4-6-9)10(9,2)8(11)12/h7H,3-6H2,1-2H3/t7?,9?,10-/m0/s1. The summed E-state index contributed by atoms with van der Waals surface area (Å²) < 4.78 is 0. The molecule has 0 heterocycles. The van der Waals surface area contributed by atoms with Crippen LogP contribution in [0.4, 0.5) is 0 Å². The summed E-state index contributed by atoms with van der Waals surface area (Å²) >= 11 is 5.71. The van der Waals surface area contributed by atoms with Crippen molar-refractivity contribution in [3.05, 3.63) is 0 Å². The number of hydrogen-bond acceptors (Lipinski definition) is 1. The fourth-order valence-electron chi connectivity index (χ4n) is 3.24. The monoisotopic (exact) mass is 186 g/mol. The molecule has 0 aliphatic heterocycles. The molecule has 2 fully saturated rings. The van der Waals surface area contributed by atoms with Gasteiger partial charge in [0.25, 0.3) is 0 Å². The van der Waals surface area contributed by atoms with Gasteiger partial charge in [0.15, 0.2) is 0 Å². The predicted octanol–water partition coefficient (Wildman–Crippen LogP) is 2.97. The van der Waals surface area contributed by atoms with Crippen LogP contribution in [-0.2, 0) is 4.79 Å². The van der Waals surface area contributed by atoms with Gasteiger partial charge in [0.1, 0.15) is 0 Å². The summed E-state index contributed by atoms with van der Waals surface area (Å²) in [7, 11) is 0. The van der Waals surface area contributed by atoms with E-state index in [1.807, 2.05) is 0 Å². The average molecular weight is 187 g/mol. The van der Waals surface area contributed by atoms with Gasteiger partial charge in [0.05, 0.1) is 0 Å². The molecule has 2 rings (SSSR count). The Labute approximate surface area is 78.5 Å². The molecule has 0 amide bonds. The molecule has 68 valence electrons. The van der Waals surface area contributed by atoms with Crippen LogP contribution < -0.4 is 0 Å². The minimum Gasteiger partial charge on any atom is -0.281 e. The maximum absolute atomic E-state index is 11.4. The topological polar surface area (TPSA) is 17.1 Å². The van der Waals surface area contributed by atoms with Gasteiger partial charge in [-0.15, -0.1) is 0 Å². The predicted molar refractivity (Wildman–Crippen MR) is 49.0 cm³/mol. The Morgan fingerprint density at radius 1 is 1.33 bits per heavy atom. The fraction of sp³-hybridized carbons (Fsp3) is 0.900. The van der Waals surface area contributed by atoms with Crippen molar-refractivity contribution in [1.82, 2.24) is 0 Å². The minimum absolute atomic E-state index is 0.106. The summed E-state index contributed by atoms with van der Waals surface area (Å²) in [6, 6.07) is 0. The minimum atomic E-state index is -0.214. The van der Waals surface area contributed by atoms with E-state index in [4.69, 9.17) is 11.6 Å². The summed E-state index contributed by atoms with van der Waals surface area (Å²) in [5.41, 5.74) is -0.00887. The SMILES string of the molecule is CC12CCC(CC1)[C@@]2(C)C(=O)Cl. The Morgan fingerprint density at radius 3 is 2.00 bits per heavy atom. The fourth-order valence-corrected chi connectivity index (χ4v) is 3.62. The Bertz CT molecular complexity index is 228. The molecule has 2 aliphatic rings. The van der Waals surface area contributed by atoms with E-state index in [-0.39, 0.29) is 16.1 Å². The van der Waals surface area contributed by atoms with Crippen LogP contribution in [0.15, 0.2) is 0 Å². The first-order valence-corrected chi connectivity index (χ1v) is 5.08. The third-order valence-corrected chi connectivity index (χ3v) is 4.96. The van der Waals surface area contributed by atoms with Crippen LogP contribution in [0.5, 0.6) is 0 Å². The van der Waals surface area contributed by atoms with Crippen molar-refractivity contribution in [3.8, 4) is 0 Å². The van der Waals surface area contributed by atoms with Crippen molar-refractivity contribution in [3.63, 3.8) is 0 Å². The molecule has 1 nitrogen and oxygen atoms in total. The van der Waals surface area contributed by atoms with Gasteiger partial charge in [-0.1, -0.05) is 13.8 Å². The van der Waals surface area contributed by atoms with Crippen LogP contribution in [0.1, 0.15) is 39.5 Å². The smallest absolute Gasteiger partial charge is 0.228 e. The molecule has 0 unspecified atom stereocenters. The van der Waals surface area contributed by atoms with Gasteiger partial charge in [-0.2, -0.15) is 0 Å². The number of carbonyl (C=O) groups excluding carboxylic acids is 1. The van der Waals surface area contributed by atoms with E-state index in [1.165, 1.54) is 25.7 Å². The highest BCUT2D eigenvalue weighted by molar-refractivity contribution is 6.64. The van der Waals surface area contributed by atoms with Gasteiger partial charge >= 0.3 is 0 Å². The Balaban J connectivity index is 2.43. The number of halogens is 1. The summed E-state index contributed by atoms with van der Waals surface area (Å²) in [4.78, 5) is 11.4. The highest BCUT2D eigenvalue weighted by Crippen LogP contribution is 2.66. The number of hydrogen-bond donors (Lipinski definition) is 0. The van der Waals surface area contributed by atoms with Crippen LogP contribution in [0, 0.1) is 16.7 Å². The summed E-state index contributed by atoms with van der Waals surface area (Å²) in [5, 5.41) is -0.106. The molecule has 1 atom stereocenters. The van der Waals surface area contributed by atoms with E-state index >= 15 is 0 Å². The average Bonchev–Trinajstić information content (AvgIpc) is 2.40. The van der Waals surface area contributed by atoms with Crippen molar-refractivity contribution in [2.24, 2.45) is 16.7 Å². The molecule has 12 heavy (non-hydrogen) atoms. The van der Waals surface area contributed by atoms with E-state index in [0.29, 0.717) is 5.92 Å². The van der Waals surface area contributed by atoms with E-state index in [0.717, 1.165) is 0 Å². The van der Waals surface area contributed by atoms with Gasteiger partial charge < -0.3 is 0 Å². The van der Waals surface area contributed by atoms with Crippen LogP contribution in [-0.4, -0.2) is 5.24 Å². The molecule has 2 aliphatic carbocycles. The van der Waals surface area contributed by atoms with Gasteiger partial charge in [-0.25, -0.2) is 0 Å². The number of carbonyl (C=O) groups is 1. The highest BCUT2D eigenvalue weighted by atomic mass is 35.5. The summed E-state index contributed by atoms with van der Waals surface area (Å²) in [6.07, 6.45) is 4.77. The lowest BCUT2D eigenvalue weighted by atomic mass is 9.70. The second-order valence-corrected chi connectivity index (χ2v) is 5.15. The first kappa shape index (κ1) is 8.55. The van der Waals surface area contributed by atoms with E-state index in [9.17, 15) is 4.79 Å². The van der Waals surface area contributed by atoms with E-state index in [2.05, 4.69) is 13.8 Å². The maximum atomic E-state index is 11.4. The Morgan fingerprint density at radius 2 is 1.83 bits per heavy atom. The van der Waals surface area contributed by atoms with Crippen LogP contribution >= 0.6 is 11.6 Å². The van der Waals surface area contributed by atoms with Gasteiger partial charge in [-0.3, -0.25) is 4.79 Å². The molecule has 0 aromatic carbocycles. The second-order valence-electron chi connectivity index (χ2n) is 4.81. The Hall–Kier alpha value is -0.0400. The molecule has 0 spiro atoms. The molecule has 0 aromatic heterocycles. The number of rotatable bonds is 1. The summed E-state index contributed by atoms with van der Waals surface area (Å²) in [6.45, 7) is 4.28. The lowest BCUT2D eigenvalue weighted by molar-refractivity contribution is -0.124. The van der Waals surface area contributed by atoms with Crippen LogP contribution in [0.25, 0.3) is 0 Å². The van der Waals surface area contributed by atoms with Crippen molar-refractivity contribution >= 4 is 16.8 Å². The summed E-state index contributed by atoms with van der Waals surface area (Å²) in [5.74, 6) is 0.562. The van der Waals surface area contributed by atoms with Crippen LogP contribution in [0.3, 0.4) is 0 Å². The molecule has 2 saturated carbocycles. The first-order valence-electron chi connectivity index (χ1n) is 4.71. The van der Waals surface area contributed by atoms with Crippen molar-refractivity contribution in [2.45, 2.75) is 39.5 Å². The molecule has 0 radical (unpaired) electrons.